The first-order valence-electron chi connectivity index (χ1n) is 4.84. The largest absolute Gasteiger partial charge is 0.496 e. The van der Waals surface area contributed by atoms with E-state index in [0.717, 1.165) is 11.1 Å². The van der Waals surface area contributed by atoms with E-state index in [1.807, 2.05) is 19.1 Å². The molecule has 5 nitrogen and oxygen atoms in total. The molecular formula is C11H13N3O2. The Labute approximate surface area is 93.4 Å². The van der Waals surface area contributed by atoms with Gasteiger partial charge < -0.3 is 9.47 Å². The summed E-state index contributed by atoms with van der Waals surface area (Å²) < 4.78 is 10.6. The molecule has 0 radical (unpaired) electrons. The Balaban J connectivity index is 2.65. The molecule has 0 fully saturated rings. The van der Waals surface area contributed by atoms with Crippen molar-refractivity contribution in [1.82, 2.24) is 15.2 Å². The van der Waals surface area contributed by atoms with E-state index in [4.69, 9.17) is 9.47 Å². The van der Waals surface area contributed by atoms with Crippen molar-refractivity contribution in [2.75, 3.05) is 14.2 Å². The summed E-state index contributed by atoms with van der Waals surface area (Å²) in [7, 11) is 3.24. The van der Waals surface area contributed by atoms with Crippen molar-refractivity contribution in [2.45, 2.75) is 6.92 Å². The Morgan fingerprint density at radius 3 is 2.19 bits per heavy atom. The number of hydrogen-bond donors (Lipinski definition) is 1. The predicted octanol–water partition coefficient (Wildman–Crippen LogP) is 1.80. The molecule has 1 aromatic carbocycles. The first-order valence-corrected chi connectivity index (χ1v) is 4.84. The summed E-state index contributed by atoms with van der Waals surface area (Å²) in [5.41, 5.74) is 1.85. The molecule has 1 heterocycles. The fraction of sp³-hybridized carbons (Fsp3) is 0.273. The molecule has 16 heavy (non-hydrogen) atoms. The van der Waals surface area contributed by atoms with Crippen LogP contribution >= 0.6 is 0 Å². The van der Waals surface area contributed by atoms with Crippen LogP contribution in [0.5, 0.6) is 11.5 Å². The lowest BCUT2D eigenvalue weighted by molar-refractivity contribution is 0.396. The molecule has 0 atom stereocenters. The number of aromatic amines is 1. The zero-order valence-electron chi connectivity index (χ0n) is 9.44. The van der Waals surface area contributed by atoms with Gasteiger partial charge in [-0.15, -0.1) is 0 Å². The molecule has 0 bridgehead atoms. The van der Waals surface area contributed by atoms with Gasteiger partial charge in [-0.05, 0) is 24.6 Å². The number of nitrogens with one attached hydrogen (secondary N) is 1. The highest BCUT2D eigenvalue weighted by Gasteiger charge is 2.15. The number of benzene rings is 1. The topological polar surface area (TPSA) is 60.0 Å². The van der Waals surface area contributed by atoms with Crippen LogP contribution in [0.1, 0.15) is 5.56 Å². The van der Waals surface area contributed by atoms with Crippen molar-refractivity contribution < 1.29 is 9.47 Å². The van der Waals surface area contributed by atoms with Gasteiger partial charge in [0.2, 0.25) is 0 Å². The van der Waals surface area contributed by atoms with Crippen LogP contribution in [-0.2, 0) is 0 Å². The number of nitrogens with zero attached hydrogens (tertiary/aromatic N) is 2. The molecule has 0 spiro atoms. The Kier molecular flexibility index (Phi) is 2.76. The van der Waals surface area contributed by atoms with Crippen LogP contribution in [0, 0.1) is 6.92 Å². The van der Waals surface area contributed by atoms with Gasteiger partial charge in [0, 0.05) is 0 Å². The third-order valence-electron chi connectivity index (χ3n) is 2.30. The zero-order valence-corrected chi connectivity index (χ0v) is 9.44. The van der Waals surface area contributed by atoms with E-state index in [1.165, 1.54) is 6.33 Å². The summed E-state index contributed by atoms with van der Waals surface area (Å²) in [6, 6.07) is 3.86. The molecule has 0 aliphatic rings. The van der Waals surface area contributed by atoms with Gasteiger partial charge in [-0.1, -0.05) is 0 Å². The van der Waals surface area contributed by atoms with Crippen LogP contribution in [0.15, 0.2) is 18.5 Å². The lowest BCUT2D eigenvalue weighted by atomic mass is 10.1. The van der Waals surface area contributed by atoms with Crippen molar-refractivity contribution >= 4 is 0 Å². The number of aryl methyl sites for hydroxylation is 1. The summed E-state index contributed by atoms with van der Waals surface area (Å²) in [4.78, 5) is 4.11. The summed E-state index contributed by atoms with van der Waals surface area (Å²) >= 11 is 0. The number of rotatable bonds is 3. The van der Waals surface area contributed by atoms with Crippen molar-refractivity contribution in [2.24, 2.45) is 0 Å². The van der Waals surface area contributed by atoms with Crippen molar-refractivity contribution in [3.8, 4) is 22.9 Å². The Morgan fingerprint density at radius 2 is 1.75 bits per heavy atom. The highest BCUT2D eigenvalue weighted by Crippen LogP contribution is 2.37. The second kappa shape index (κ2) is 4.22. The molecule has 0 saturated heterocycles. The number of hydrogen-bond acceptors (Lipinski definition) is 4. The molecule has 0 amide bonds. The molecule has 84 valence electrons. The first-order chi connectivity index (χ1) is 7.76. The molecule has 2 aromatic rings. The van der Waals surface area contributed by atoms with Gasteiger partial charge in [0.25, 0.3) is 0 Å². The SMILES string of the molecule is COc1cc(C)cc(OC)c1-c1ncn[nH]1. The number of aromatic nitrogens is 3. The lowest BCUT2D eigenvalue weighted by Crippen LogP contribution is -1.95. The first kappa shape index (κ1) is 10.5. The van der Waals surface area contributed by atoms with Gasteiger partial charge in [0.05, 0.1) is 14.2 Å². The Hall–Kier alpha value is -2.04. The second-order valence-corrected chi connectivity index (χ2v) is 3.38. The van der Waals surface area contributed by atoms with Gasteiger partial charge in [-0.3, -0.25) is 5.10 Å². The normalized spacial score (nSPS) is 10.2. The second-order valence-electron chi connectivity index (χ2n) is 3.38. The minimum Gasteiger partial charge on any atom is -0.496 e. The predicted molar refractivity (Wildman–Crippen MR) is 59.7 cm³/mol. The van der Waals surface area contributed by atoms with Crippen molar-refractivity contribution in [3.63, 3.8) is 0 Å². The molecule has 1 aromatic heterocycles. The fourth-order valence-corrected chi connectivity index (χ4v) is 1.60. The van der Waals surface area contributed by atoms with Crippen molar-refractivity contribution in [1.29, 1.82) is 0 Å². The molecule has 2 rings (SSSR count). The van der Waals surface area contributed by atoms with Gasteiger partial charge >= 0.3 is 0 Å². The average molecular weight is 219 g/mol. The fourth-order valence-electron chi connectivity index (χ4n) is 1.60. The number of H-pyrrole nitrogens is 1. The van der Waals surface area contributed by atoms with Gasteiger partial charge in [-0.25, -0.2) is 4.98 Å². The number of ether oxygens (including phenoxy) is 2. The third-order valence-corrected chi connectivity index (χ3v) is 2.30. The molecular weight excluding hydrogens is 206 g/mol. The summed E-state index contributed by atoms with van der Waals surface area (Å²) in [5, 5.41) is 6.63. The average Bonchev–Trinajstić information content (AvgIpc) is 2.80. The maximum absolute atomic E-state index is 5.32. The van der Waals surface area contributed by atoms with Crippen LogP contribution in [0.4, 0.5) is 0 Å². The highest BCUT2D eigenvalue weighted by atomic mass is 16.5. The minimum atomic E-state index is 0.633. The van der Waals surface area contributed by atoms with Crippen molar-refractivity contribution in [3.05, 3.63) is 24.0 Å². The molecule has 0 aliphatic carbocycles. The van der Waals surface area contributed by atoms with Crippen LogP contribution in [-0.4, -0.2) is 29.4 Å². The van der Waals surface area contributed by atoms with Crippen LogP contribution in [0.2, 0.25) is 0 Å². The summed E-state index contributed by atoms with van der Waals surface area (Å²) in [6.45, 7) is 1.98. The minimum absolute atomic E-state index is 0.633. The Morgan fingerprint density at radius 1 is 1.12 bits per heavy atom. The maximum atomic E-state index is 5.32. The van der Waals surface area contributed by atoms with E-state index in [9.17, 15) is 0 Å². The third kappa shape index (κ3) is 1.71. The highest BCUT2D eigenvalue weighted by molar-refractivity contribution is 5.72. The lowest BCUT2D eigenvalue weighted by Gasteiger charge is -2.12. The molecule has 0 saturated carbocycles. The number of methoxy groups -OCH3 is 2. The standard InChI is InChI=1S/C11H13N3O2/c1-7-4-8(15-2)10(9(5-7)16-3)11-12-6-13-14-11/h4-6H,1-3H3,(H,12,13,14). The van der Waals surface area contributed by atoms with Crippen LogP contribution in [0.3, 0.4) is 0 Å². The van der Waals surface area contributed by atoms with E-state index >= 15 is 0 Å². The quantitative estimate of drug-likeness (QED) is 0.855. The van der Waals surface area contributed by atoms with E-state index in [2.05, 4.69) is 15.2 Å². The van der Waals surface area contributed by atoms with E-state index in [1.54, 1.807) is 14.2 Å². The van der Waals surface area contributed by atoms with Gasteiger partial charge in [0.15, 0.2) is 5.82 Å². The summed E-state index contributed by atoms with van der Waals surface area (Å²) in [6.07, 6.45) is 1.45. The zero-order chi connectivity index (χ0) is 11.5. The molecule has 5 heteroatoms. The van der Waals surface area contributed by atoms with Crippen LogP contribution in [0.25, 0.3) is 11.4 Å². The molecule has 0 unspecified atom stereocenters. The molecule has 1 N–H and O–H groups in total. The Bertz CT molecular complexity index is 455. The smallest absolute Gasteiger partial charge is 0.162 e. The summed E-state index contributed by atoms with van der Waals surface area (Å²) in [5.74, 6) is 2.07. The van der Waals surface area contributed by atoms with Gasteiger partial charge in [0.1, 0.15) is 23.4 Å². The van der Waals surface area contributed by atoms with Gasteiger partial charge in [-0.2, -0.15) is 5.10 Å². The van der Waals surface area contributed by atoms with E-state index in [-0.39, 0.29) is 0 Å². The van der Waals surface area contributed by atoms with E-state index < -0.39 is 0 Å². The van der Waals surface area contributed by atoms with Crippen LogP contribution < -0.4 is 9.47 Å². The van der Waals surface area contributed by atoms with E-state index in [0.29, 0.717) is 17.3 Å². The maximum Gasteiger partial charge on any atom is 0.162 e. The molecule has 0 aliphatic heterocycles. The monoisotopic (exact) mass is 219 g/mol.